The molecule has 0 aliphatic heterocycles. The fraction of sp³-hybridized carbons (Fsp3) is 0.500. The van der Waals surface area contributed by atoms with E-state index in [1.165, 1.54) is 0 Å². The van der Waals surface area contributed by atoms with Crippen molar-refractivity contribution in [2.45, 2.75) is 18.9 Å². The highest BCUT2D eigenvalue weighted by Gasteiger charge is 2.16. The van der Waals surface area contributed by atoms with Gasteiger partial charge in [0.25, 0.3) is 0 Å². The van der Waals surface area contributed by atoms with E-state index >= 15 is 0 Å². The SMILES string of the molecule is CN(CCc1ccccn1)CC1C=CC(N)C1. The third kappa shape index (κ3) is 3.95. The Morgan fingerprint density at radius 1 is 1.41 bits per heavy atom. The van der Waals surface area contributed by atoms with Crippen LogP contribution in [0, 0.1) is 5.92 Å². The third-order valence-corrected chi connectivity index (χ3v) is 3.23. The summed E-state index contributed by atoms with van der Waals surface area (Å²) in [5.41, 5.74) is 7.02. The van der Waals surface area contributed by atoms with Crippen molar-refractivity contribution in [3.05, 3.63) is 42.2 Å². The van der Waals surface area contributed by atoms with Gasteiger partial charge in [0.15, 0.2) is 0 Å². The van der Waals surface area contributed by atoms with Gasteiger partial charge in [-0.05, 0) is 31.5 Å². The number of hydrogen-bond donors (Lipinski definition) is 1. The Balaban J connectivity index is 1.71. The minimum atomic E-state index is 0.268. The summed E-state index contributed by atoms with van der Waals surface area (Å²) in [7, 11) is 2.17. The largest absolute Gasteiger partial charge is 0.324 e. The van der Waals surface area contributed by atoms with Crippen molar-refractivity contribution in [1.29, 1.82) is 0 Å². The number of aromatic nitrogens is 1. The molecule has 2 atom stereocenters. The molecule has 0 radical (unpaired) electrons. The third-order valence-electron chi connectivity index (χ3n) is 3.23. The highest BCUT2D eigenvalue weighted by molar-refractivity contribution is 5.06. The second-order valence-electron chi connectivity index (χ2n) is 4.88. The van der Waals surface area contributed by atoms with Crippen LogP contribution >= 0.6 is 0 Å². The Hall–Kier alpha value is -1.19. The zero-order valence-corrected chi connectivity index (χ0v) is 10.4. The molecule has 0 spiro atoms. The molecule has 0 aromatic carbocycles. The normalized spacial score (nSPS) is 23.5. The molecule has 92 valence electrons. The summed E-state index contributed by atoms with van der Waals surface area (Å²) in [6, 6.07) is 6.35. The van der Waals surface area contributed by atoms with Crippen LogP contribution in [0.15, 0.2) is 36.5 Å². The van der Waals surface area contributed by atoms with E-state index in [2.05, 4.69) is 35.1 Å². The molecule has 17 heavy (non-hydrogen) atoms. The summed E-state index contributed by atoms with van der Waals surface area (Å²) in [6.07, 6.45) is 8.33. The summed E-state index contributed by atoms with van der Waals surface area (Å²) in [6.45, 7) is 2.15. The molecule has 2 unspecified atom stereocenters. The summed E-state index contributed by atoms with van der Waals surface area (Å²) in [5, 5.41) is 0. The van der Waals surface area contributed by atoms with Gasteiger partial charge in [-0.1, -0.05) is 18.2 Å². The smallest absolute Gasteiger partial charge is 0.0416 e. The number of likely N-dealkylation sites (N-methyl/N-ethyl adjacent to an activating group) is 1. The molecular formula is C14H21N3. The molecule has 0 bridgehead atoms. The molecule has 0 saturated heterocycles. The lowest BCUT2D eigenvalue weighted by molar-refractivity contribution is 0.298. The van der Waals surface area contributed by atoms with Gasteiger partial charge in [-0.2, -0.15) is 0 Å². The molecule has 0 fully saturated rings. The van der Waals surface area contributed by atoms with E-state index in [1.54, 1.807) is 0 Å². The maximum Gasteiger partial charge on any atom is 0.0416 e. The van der Waals surface area contributed by atoms with Crippen molar-refractivity contribution in [2.24, 2.45) is 11.7 Å². The number of hydrogen-bond acceptors (Lipinski definition) is 3. The number of pyridine rings is 1. The van der Waals surface area contributed by atoms with Crippen LogP contribution in [-0.2, 0) is 6.42 Å². The molecule has 1 aliphatic carbocycles. The summed E-state index contributed by atoms with van der Waals surface area (Å²) in [4.78, 5) is 6.70. The molecule has 1 heterocycles. The number of nitrogens with zero attached hydrogens (tertiary/aromatic N) is 2. The van der Waals surface area contributed by atoms with Gasteiger partial charge in [0, 0.05) is 37.4 Å². The summed E-state index contributed by atoms with van der Waals surface area (Å²) < 4.78 is 0. The van der Waals surface area contributed by atoms with Crippen molar-refractivity contribution in [3.8, 4) is 0 Å². The number of rotatable bonds is 5. The Bertz CT molecular complexity index is 361. The lowest BCUT2D eigenvalue weighted by Gasteiger charge is -2.20. The lowest BCUT2D eigenvalue weighted by atomic mass is 10.1. The van der Waals surface area contributed by atoms with Gasteiger partial charge in [-0.15, -0.1) is 0 Å². The minimum Gasteiger partial charge on any atom is -0.324 e. The van der Waals surface area contributed by atoms with E-state index in [4.69, 9.17) is 5.73 Å². The first-order chi connectivity index (χ1) is 8.24. The van der Waals surface area contributed by atoms with Crippen LogP contribution in [0.2, 0.25) is 0 Å². The fourth-order valence-corrected chi connectivity index (χ4v) is 2.29. The van der Waals surface area contributed by atoms with E-state index in [0.29, 0.717) is 5.92 Å². The van der Waals surface area contributed by atoms with Crippen molar-refractivity contribution < 1.29 is 0 Å². The van der Waals surface area contributed by atoms with Crippen molar-refractivity contribution in [1.82, 2.24) is 9.88 Å². The molecule has 1 aromatic heterocycles. The van der Waals surface area contributed by atoms with Gasteiger partial charge in [0.05, 0.1) is 0 Å². The van der Waals surface area contributed by atoms with Gasteiger partial charge < -0.3 is 10.6 Å². The van der Waals surface area contributed by atoms with Crippen LogP contribution in [0.4, 0.5) is 0 Å². The van der Waals surface area contributed by atoms with Gasteiger partial charge in [-0.25, -0.2) is 0 Å². The minimum absolute atomic E-state index is 0.268. The first-order valence-electron chi connectivity index (χ1n) is 6.26. The Kier molecular flexibility index (Phi) is 4.29. The highest BCUT2D eigenvalue weighted by atomic mass is 15.1. The van der Waals surface area contributed by atoms with E-state index in [-0.39, 0.29) is 6.04 Å². The van der Waals surface area contributed by atoms with Crippen LogP contribution in [0.3, 0.4) is 0 Å². The van der Waals surface area contributed by atoms with Gasteiger partial charge in [0.1, 0.15) is 0 Å². The Morgan fingerprint density at radius 2 is 2.29 bits per heavy atom. The average Bonchev–Trinajstić information content (AvgIpc) is 2.73. The molecule has 2 rings (SSSR count). The van der Waals surface area contributed by atoms with Crippen LogP contribution in [0.25, 0.3) is 0 Å². The summed E-state index contributed by atoms with van der Waals surface area (Å²) in [5.74, 6) is 0.624. The number of nitrogens with two attached hydrogens (primary N) is 1. The average molecular weight is 231 g/mol. The molecule has 3 nitrogen and oxygen atoms in total. The molecule has 1 aliphatic rings. The first-order valence-corrected chi connectivity index (χ1v) is 6.26. The second-order valence-corrected chi connectivity index (χ2v) is 4.88. The molecule has 0 saturated carbocycles. The zero-order chi connectivity index (χ0) is 12.1. The van der Waals surface area contributed by atoms with Crippen LogP contribution in [0.5, 0.6) is 0 Å². The van der Waals surface area contributed by atoms with Crippen molar-refractivity contribution >= 4 is 0 Å². The van der Waals surface area contributed by atoms with E-state index in [9.17, 15) is 0 Å². The topological polar surface area (TPSA) is 42.2 Å². The maximum absolute atomic E-state index is 5.85. The molecule has 3 heteroatoms. The van der Waals surface area contributed by atoms with Crippen LogP contribution in [-0.4, -0.2) is 36.1 Å². The fourth-order valence-electron chi connectivity index (χ4n) is 2.29. The Labute approximate surface area is 103 Å². The van der Waals surface area contributed by atoms with Crippen molar-refractivity contribution in [2.75, 3.05) is 20.1 Å². The van der Waals surface area contributed by atoms with Crippen LogP contribution in [0.1, 0.15) is 12.1 Å². The highest BCUT2D eigenvalue weighted by Crippen LogP contribution is 2.17. The van der Waals surface area contributed by atoms with Gasteiger partial charge >= 0.3 is 0 Å². The predicted octanol–water partition coefficient (Wildman–Crippen LogP) is 1.46. The first kappa shape index (κ1) is 12.3. The predicted molar refractivity (Wildman–Crippen MR) is 70.7 cm³/mol. The van der Waals surface area contributed by atoms with E-state index in [0.717, 1.165) is 31.6 Å². The van der Waals surface area contributed by atoms with Gasteiger partial charge in [0.2, 0.25) is 0 Å². The monoisotopic (exact) mass is 231 g/mol. The zero-order valence-electron chi connectivity index (χ0n) is 10.4. The molecular weight excluding hydrogens is 210 g/mol. The maximum atomic E-state index is 5.85. The van der Waals surface area contributed by atoms with E-state index in [1.807, 2.05) is 18.3 Å². The van der Waals surface area contributed by atoms with E-state index < -0.39 is 0 Å². The molecule has 0 amide bonds. The lowest BCUT2D eigenvalue weighted by Crippen LogP contribution is -2.28. The van der Waals surface area contributed by atoms with Crippen molar-refractivity contribution in [3.63, 3.8) is 0 Å². The molecule has 1 aromatic rings. The summed E-state index contributed by atoms with van der Waals surface area (Å²) >= 11 is 0. The molecule has 2 N–H and O–H groups in total. The standard InChI is InChI=1S/C14H21N3/c1-17(11-12-5-6-13(15)10-12)9-7-14-4-2-3-8-16-14/h2-6,8,12-13H,7,9-11,15H2,1H3. The van der Waals surface area contributed by atoms with Gasteiger partial charge in [-0.3, -0.25) is 4.98 Å². The quantitative estimate of drug-likeness (QED) is 0.780. The van der Waals surface area contributed by atoms with Crippen LogP contribution < -0.4 is 5.73 Å². The Morgan fingerprint density at radius 3 is 2.94 bits per heavy atom. The second kappa shape index (κ2) is 5.94.